The van der Waals surface area contributed by atoms with Crippen LogP contribution in [0.4, 0.5) is 0 Å². The molecule has 3 aliphatic rings. The highest BCUT2D eigenvalue weighted by atomic mass is 32.2. The van der Waals surface area contributed by atoms with Crippen LogP contribution in [0.2, 0.25) is 0 Å². The number of allylic oxidation sites excluding steroid dienone is 1. The average Bonchev–Trinajstić information content (AvgIpc) is 2.80. The minimum atomic E-state index is 0.276. The lowest BCUT2D eigenvalue weighted by atomic mass is 9.98. The molecule has 80 valence electrons. The third kappa shape index (κ3) is 1.58. The van der Waals surface area contributed by atoms with Gasteiger partial charge >= 0.3 is 0 Å². The largest absolute Gasteiger partial charge is 0.300 e. The van der Waals surface area contributed by atoms with Crippen molar-refractivity contribution in [2.75, 3.05) is 11.5 Å². The van der Waals surface area contributed by atoms with Crippen molar-refractivity contribution in [3.63, 3.8) is 0 Å². The summed E-state index contributed by atoms with van der Waals surface area (Å²) in [7, 11) is 0. The Balaban J connectivity index is 1.97. The monoisotopic (exact) mass is 240 g/mol. The van der Waals surface area contributed by atoms with E-state index < -0.39 is 0 Å². The average molecular weight is 240 g/mol. The minimum absolute atomic E-state index is 0.276. The molecule has 4 heteroatoms. The molecule has 3 fully saturated rings. The molecule has 0 aromatic heterocycles. The quantitative estimate of drug-likeness (QED) is 0.608. The summed E-state index contributed by atoms with van der Waals surface area (Å²) in [6.45, 7) is 0. The van der Waals surface area contributed by atoms with Crippen molar-refractivity contribution in [1.82, 2.24) is 0 Å². The Morgan fingerprint density at radius 2 is 1.73 bits per heavy atom. The molecule has 0 N–H and O–H groups in total. The van der Waals surface area contributed by atoms with E-state index in [9.17, 15) is 9.59 Å². The van der Waals surface area contributed by atoms with Gasteiger partial charge in [-0.1, -0.05) is 0 Å². The zero-order valence-corrected chi connectivity index (χ0v) is 9.96. The number of ketones is 2. The fraction of sp³-hybridized carbons (Fsp3) is 0.636. The summed E-state index contributed by atoms with van der Waals surface area (Å²) in [5.74, 6) is 3.51. The maximum atomic E-state index is 11.9. The third-order valence-electron chi connectivity index (χ3n) is 3.39. The molecule has 2 aliphatic carbocycles. The van der Waals surface area contributed by atoms with Crippen molar-refractivity contribution in [3.05, 3.63) is 9.81 Å². The molecule has 0 spiro atoms. The Morgan fingerprint density at radius 1 is 1.00 bits per heavy atom. The molecule has 0 bridgehead atoms. The summed E-state index contributed by atoms with van der Waals surface area (Å²) in [6, 6.07) is 0. The zero-order chi connectivity index (χ0) is 10.4. The molecular formula is C11H12O2S2. The lowest BCUT2D eigenvalue weighted by Gasteiger charge is -2.09. The highest BCUT2D eigenvalue weighted by molar-refractivity contribution is 8.25. The maximum Gasteiger partial charge on any atom is 0.161 e. The molecule has 2 nitrogen and oxygen atoms in total. The summed E-state index contributed by atoms with van der Waals surface area (Å²) in [5, 5.41) is 0. The molecule has 2 atom stereocenters. The van der Waals surface area contributed by atoms with Crippen LogP contribution in [0.15, 0.2) is 9.81 Å². The molecule has 0 aromatic carbocycles. The van der Waals surface area contributed by atoms with Crippen LogP contribution in [0.1, 0.15) is 19.3 Å². The Morgan fingerprint density at radius 3 is 2.47 bits per heavy atom. The zero-order valence-electron chi connectivity index (χ0n) is 8.32. The summed E-state index contributed by atoms with van der Waals surface area (Å²) < 4.78 is 1.22. The molecule has 1 saturated heterocycles. The van der Waals surface area contributed by atoms with E-state index in [1.807, 2.05) is 0 Å². The van der Waals surface area contributed by atoms with Crippen molar-refractivity contribution in [1.29, 1.82) is 0 Å². The maximum absolute atomic E-state index is 11.9. The fourth-order valence-corrected chi connectivity index (χ4v) is 5.48. The first kappa shape index (κ1) is 9.97. The van der Waals surface area contributed by atoms with E-state index in [0.29, 0.717) is 36.7 Å². The summed E-state index contributed by atoms with van der Waals surface area (Å²) in [5.41, 5.74) is 1.01. The number of fused-ring (bicyclic) bond motifs is 1. The normalized spacial score (nSPS) is 35.5. The van der Waals surface area contributed by atoms with Crippen molar-refractivity contribution < 1.29 is 9.59 Å². The molecule has 3 rings (SSSR count). The van der Waals surface area contributed by atoms with E-state index in [-0.39, 0.29) is 5.92 Å². The third-order valence-corrected chi connectivity index (χ3v) is 6.14. The molecule has 15 heavy (non-hydrogen) atoms. The van der Waals surface area contributed by atoms with E-state index in [0.717, 1.165) is 17.1 Å². The smallest absolute Gasteiger partial charge is 0.161 e. The van der Waals surface area contributed by atoms with E-state index >= 15 is 0 Å². The molecular weight excluding hydrogens is 228 g/mol. The molecule has 0 aromatic rings. The molecule has 1 heterocycles. The Kier molecular flexibility index (Phi) is 2.44. The van der Waals surface area contributed by atoms with Gasteiger partial charge in [-0.2, -0.15) is 0 Å². The first-order valence-electron chi connectivity index (χ1n) is 5.30. The molecule has 2 saturated carbocycles. The van der Waals surface area contributed by atoms with Crippen LogP contribution < -0.4 is 0 Å². The van der Waals surface area contributed by atoms with Gasteiger partial charge in [-0.05, 0) is 11.8 Å². The predicted octanol–water partition coefficient (Wildman–Crippen LogP) is 2.25. The fourth-order valence-electron chi connectivity index (χ4n) is 2.77. The van der Waals surface area contributed by atoms with Crippen LogP contribution in [0.5, 0.6) is 0 Å². The minimum Gasteiger partial charge on any atom is -0.300 e. The van der Waals surface area contributed by atoms with E-state index in [2.05, 4.69) is 0 Å². The van der Waals surface area contributed by atoms with Gasteiger partial charge in [0.1, 0.15) is 5.78 Å². The highest BCUT2D eigenvalue weighted by Gasteiger charge is 2.45. The number of Topliss-reactive ketones (excluding diaryl/α,β-unsaturated/α-hetero) is 2. The second kappa shape index (κ2) is 3.67. The Hall–Kier alpha value is -0.220. The van der Waals surface area contributed by atoms with Crippen molar-refractivity contribution in [2.45, 2.75) is 19.3 Å². The predicted molar refractivity (Wildman–Crippen MR) is 62.8 cm³/mol. The van der Waals surface area contributed by atoms with Crippen LogP contribution >= 0.6 is 23.5 Å². The number of thioether (sulfide) groups is 2. The van der Waals surface area contributed by atoms with Crippen LogP contribution in [-0.2, 0) is 9.59 Å². The summed E-state index contributed by atoms with van der Waals surface area (Å²) in [4.78, 5) is 23.3. The van der Waals surface area contributed by atoms with Gasteiger partial charge in [-0.15, -0.1) is 23.5 Å². The summed E-state index contributed by atoms with van der Waals surface area (Å²) in [6.07, 6.45) is 1.88. The lowest BCUT2D eigenvalue weighted by molar-refractivity contribution is -0.118. The lowest BCUT2D eigenvalue weighted by Crippen LogP contribution is -2.04. The standard InChI is InChI=1S/C11H12O2S2/c12-7-3-6-4-9(13)10(8(6)5-7)11-14-1-2-15-11/h6,8H,1-5H2/t6-,8-/m0/s1. The first-order valence-corrected chi connectivity index (χ1v) is 7.27. The van der Waals surface area contributed by atoms with Crippen LogP contribution in [0.25, 0.3) is 0 Å². The van der Waals surface area contributed by atoms with Crippen LogP contribution in [0, 0.1) is 11.8 Å². The molecule has 0 radical (unpaired) electrons. The van der Waals surface area contributed by atoms with Crippen molar-refractivity contribution in [2.24, 2.45) is 11.8 Å². The Bertz CT molecular complexity index is 365. The van der Waals surface area contributed by atoms with Gasteiger partial charge in [-0.3, -0.25) is 9.59 Å². The highest BCUT2D eigenvalue weighted by Crippen LogP contribution is 2.50. The van der Waals surface area contributed by atoms with E-state index in [1.54, 1.807) is 23.5 Å². The van der Waals surface area contributed by atoms with Gasteiger partial charge in [0.25, 0.3) is 0 Å². The second-order valence-corrected chi connectivity index (χ2v) is 6.81. The van der Waals surface area contributed by atoms with E-state index in [4.69, 9.17) is 0 Å². The number of hydrogen-bond acceptors (Lipinski definition) is 4. The van der Waals surface area contributed by atoms with Gasteiger partial charge < -0.3 is 0 Å². The van der Waals surface area contributed by atoms with Gasteiger partial charge in [0.2, 0.25) is 0 Å². The van der Waals surface area contributed by atoms with Gasteiger partial charge in [0.05, 0.1) is 0 Å². The molecule has 0 unspecified atom stereocenters. The number of rotatable bonds is 0. The number of carbonyl (C=O) groups excluding carboxylic acids is 2. The second-order valence-electron chi connectivity index (χ2n) is 4.34. The SMILES string of the molecule is O=C1C[C@H]2CC(=O)C(=C3SCCS3)[C@H]2C1. The van der Waals surface area contributed by atoms with Gasteiger partial charge in [-0.25, -0.2) is 0 Å². The molecule has 1 aliphatic heterocycles. The van der Waals surface area contributed by atoms with Crippen molar-refractivity contribution >= 4 is 35.1 Å². The van der Waals surface area contributed by atoms with Gasteiger partial charge in [0.15, 0.2) is 5.78 Å². The van der Waals surface area contributed by atoms with Crippen LogP contribution in [-0.4, -0.2) is 23.1 Å². The topological polar surface area (TPSA) is 34.1 Å². The van der Waals surface area contributed by atoms with Crippen molar-refractivity contribution in [3.8, 4) is 0 Å². The Labute approximate surface area is 97.3 Å². The summed E-state index contributed by atoms with van der Waals surface area (Å²) >= 11 is 3.61. The molecule has 0 amide bonds. The van der Waals surface area contributed by atoms with Gasteiger partial charge in [0, 0.05) is 40.6 Å². The number of carbonyl (C=O) groups is 2. The number of hydrogen-bond donors (Lipinski definition) is 0. The first-order chi connectivity index (χ1) is 7.25. The van der Waals surface area contributed by atoms with E-state index in [1.165, 1.54) is 4.24 Å². The van der Waals surface area contributed by atoms with Crippen LogP contribution in [0.3, 0.4) is 0 Å².